The van der Waals surface area contributed by atoms with Crippen LogP contribution in [0.25, 0.3) is 0 Å². The van der Waals surface area contributed by atoms with E-state index in [9.17, 15) is 4.79 Å². The van der Waals surface area contributed by atoms with Gasteiger partial charge in [-0.05, 0) is 32.1 Å². The summed E-state index contributed by atoms with van der Waals surface area (Å²) in [6.07, 6.45) is 31.2. The first-order valence-corrected chi connectivity index (χ1v) is 11.3. The molecule has 0 saturated heterocycles. The number of carbonyl (C=O) groups is 1. The van der Waals surface area contributed by atoms with Gasteiger partial charge in [-0.1, -0.05) is 108 Å². The van der Waals surface area contributed by atoms with E-state index in [1.54, 1.807) is 0 Å². The van der Waals surface area contributed by atoms with E-state index in [0.717, 1.165) is 25.7 Å². The Bertz CT molecular complexity index is 344. The van der Waals surface area contributed by atoms with E-state index in [1.165, 1.54) is 83.5 Å². The second kappa shape index (κ2) is 22.0. The third kappa shape index (κ3) is 22.9. The van der Waals surface area contributed by atoms with Gasteiger partial charge in [0.2, 0.25) is 0 Å². The number of hydrogen-bond donors (Lipinski definition) is 1. The molecule has 0 aromatic rings. The number of carboxylic acid groups (broad SMARTS) is 1. The predicted molar refractivity (Wildman–Crippen MR) is 115 cm³/mol. The summed E-state index contributed by atoms with van der Waals surface area (Å²) in [4.78, 5) is 10.4. The van der Waals surface area contributed by atoms with Crippen molar-refractivity contribution < 1.29 is 9.90 Å². The SMILES string of the molecule is CCC=CCC=CCCCCCCCCCCCCCCCCC(=O)O. The lowest BCUT2D eigenvalue weighted by Gasteiger charge is -2.03. The van der Waals surface area contributed by atoms with Crippen LogP contribution in [0.15, 0.2) is 24.3 Å². The Kier molecular flexibility index (Phi) is 21.1. The minimum Gasteiger partial charge on any atom is -0.481 e. The van der Waals surface area contributed by atoms with E-state index in [1.807, 2.05) is 0 Å². The quantitative estimate of drug-likeness (QED) is 0.174. The minimum absolute atomic E-state index is 0.341. The van der Waals surface area contributed by atoms with Crippen LogP contribution in [0, 0.1) is 0 Å². The Balaban J connectivity index is 3.07. The van der Waals surface area contributed by atoms with Gasteiger partial charge in [-0.25, -0.2) is 0 Å². The molecule has 0 aliphatic rings. The van der Waals surface area contributed by atoms with Crippen LogP contribution in [0.3, 0.4) is 0 Å². The molecule has 0 bridgehead atoms. The molecule has 0 rings (SSSR count). The topological polar surface area (TPSA) is 37.3 Å². The Morgan fingerprint density at radius 1 is 0.615 bits per heavy atom. The molecule has 0 unspecified atom stereocenters. The highest BCUT2D eigenvalue weighted by molar-refractivity contribution is 5.66. The van der Waals surface area contributed by atoms with E-state index < -0.39 is 5.97 Å². The average molecular weight is 365 g/mol. The van der Waals surface area contributed by atoms with Gasteiger partial charge in [0, 0.05) is 6.42 Å². The first-order valence-electron chi connectivity index (χ1n) is 11.3. The summed E-state index contributed by atoms with van der Waals surface area (Å²) in [6.45, 7) is 2.18. The second-order valence-corrected chi connectivity index (χ2v) is 7.47. The number of allylic oxidation sites excluding steroid dienone is 4. The molecule has 0 aromatic carbocycles. The summed E-state index contributed by atoms with van der Waals surface area (Å²) in [7, 11) is 0. The highest BCUT2D eigenvalue weighted by Crippen LogP contribution is 2.13. The molecule has 2 heteroatoms. The molecule has 0 radical (unpaired) electrons. The van der Waals surface area contributed by atoms with Gasteiger partial charge < -0.3 is 5.11 Å². The van der Waals surface area contributed by atoms with Crippen LogP contribution in [0.2, 0.25) is 0 Å². The van der Waals surface area contributed by atoms with Gasteiger partial charge in [0.15, 0.2) is 0 Å². The first-order chi connectivity index (χ1) is 12.8. The van der Waals surface area contributed by atoms with Gasteiger partial charge in [-0.15, -0.1) is 0 Å². The zero-order valence-electron chi connectivity index (χ0n) is 17.4. The average Bonchev–Trinajstić information content (AvgIpc) is 2.62. The van der Waals surface area contributed by atoms with E-state index in [4.69, 9.17) is 5.11 Å². The third-order valence-corrected chi connectivity index (χ3v) is 4.85. The van der Waals surface area contributed by atoms with Crippen molar-refractivity contribution >= 4 is 5.97 Å². The molecule has 0 atom stereocenters. The van der Waals surface area contributed by atoms with E-state index in [-0.39, 0.29) is 0 Å². The van der Waals surface area contributed by atoms with Crippen molar-refractivity contribution in [3.8, 4) is 0 Å². The second-order valence-electron chi connectivity index (χ2n) is 7.47. The molecule has 1 N–H and O–H groups in total. The molecule has 0 amide bonds. The Labute approximate surface area is 163 Å². The summed E-state index contributed by atoms with van der Waals surface area (Å²) in [5, 5.41) is 8.57. The number of hydrogen-bond acceptors (Lipinski definition) is 1. The zero-order valence-corrected chi connectivity index (χ0v) is 17.4. The standard InChI is InChI=1S/C24H44O2/c1-2-3-4-5-6-7-8-9-10-11-12-13-14-15-16-17-18-19-20-21-22-23-24(25)26/h3-4,6-7H,2,5,8-23H2,1H3,(H,25,26). The van der Waals surface area contributed by atoms with E-state index in [0.29, 0.717) is 6.42 Å². The number of unbranched alkanes of at least 4 members (excludes halogenated alkanes) is 14. The van der Waals surface area contributed by atoms with Gasteiger partial charge in [-0.3, -0.25) is 4.79 Å². The van der Waals surface area contributed by atoms with E-state index in [2.05, 4.69) is 31.2 Å². The summed E-state index contributed by atoms with van der Waals surface area (Å²) in [5.41, 5.74) is 0. The van der Waals surface area contributed by atoms with Crippen LogP contribution in [0.5, 0.6) is 0 Å². The fraction of sp³-hybridized carbons (Fsp3) is 0.792. The summed E-state index contributed by atoms with van der Waals surface area (Å²) in [5.74, 6) is -0.655. The van der Waals surface area contributed by atoms with E-state index >= 15 is 0 Å². The predicted octanol–water partition coefficient (Wildman–Crippen LogP) is 8.23. The molecule has 0 aromatic heterocycles. The van der Waals surface area contributed by atoms with Crippen molar-refractivity contribution in [1.29, 1.82) is 0 Å². The molecule has 26 heavy (non-hydrogen) atoms. The van der Waals surface area contributed by atoms with Crippen LogP contribution in [0.1, 0.15) is 122 Å². The lowest BCUT2D eigenvalue weighted by atomic mass is 10.0. The van der Waals surface area contributed by atoms with Crippen molar-refractivity contribution in [2.75, 3.05) is 0 Å². The number of carboxylic acids is 1. The van der Waals surface area contributed by atoms with Crippen molar-refractivity contribution in [1.82, 2.24) is 0 Å². The largest absolute Gasteiger partial charge is 0.481 e. The fourth-order valence-electron chi connectivity index (χ4n) is 3.22. The maximum absolute atomic E-state index is 10.4. The molecule has 0 saturated carbocycles. The Morgan fingerprint density at radius 3 is 1.50 bits per heavy atom. The zero-order chi connectivity index (χ0) is 19.1. The fourth-order valence-corrected chi connectivity index (χ4v) is 3.22. The highest BCUT2D eigenvalue weighted by atomic mass is 16.4. The summed E-state index contributed by atoms with van der Waals surface area (Å²) >= 11 is 0. The molecule has 0 aliphatic heterocycles. The van der Waals surface area contributed by atoms with Crippen molar-refractivity contribution in [3.63, 3.8) is 0 Å². The molecule has 0 fully saturated rings. The monoisotopic (exact) mass is 364 g/mol. The Hall–Kier alpha value is -1.05. The van der Waals surface area contributed by atoms with Crippen LogP contribution in [-0.4, -0.2) is 11.1 Å². The van der Waals surface area contributed by atoms with Crippen LogP contribution in [0.4, 0.5) is 0 Å². The third-order valence-electron chi connectivity index (χ3n) is 4.85. The smallest absolute Gasteiger partial charge is 0.303 e. The van der Waals surface area contributed by atoms with Gasteiger partial charge in [0.1, 0.15) is 0 Å². The lowest BCUT2D eigenvalue weighted by molar-refractivity contribution is -0.137. The van der Waals surface area contributed by atoms with Gasteiger partial charge >= 0.3 is 5.97 Å². The van der Waals surface area contributed by atoms with Gasteiger partial charge in [0.25, 0.3) is 0 Å². The van der Waals surface area contributed by atoms with Gasteiger partial charge in [-0.2, -0.15) is 0 Å². The molecule has 0 spiro atoms. The maximum atomic E-state index is 10.4. The molecule has 0 heterocycles. The molecule has 0 aliphatic carbocycles. The van der Waals surface area contributed by atoms with Crippen LogP contribution >= 0.6 is 0 Å². The van der Waals surface area contributed by atoms with Crippen molar-refractivity contribution in [2.24, 2.45) is 0 Å². The normalized spacial score (nSPS) is 11.7. The number of aliphatic carboxylic acids is 1. The number of rotatable bonds is 20. The summed E-state index contributed by atoms with van der Waals surface area (Å²) < 4.78 is 0. The first kappa shape index (κ1) is 24.9. The highest BCUT2D eigenvalue weighted by Gasteiger charge is 1.97. The molecular formula is C24H44O2. The van der Waals surface area contributed by atoms with Crippen molar-refractivity contribution in [3.05, 3.63) is 24.3 Å². The van der Waals surface area contributed by atoms with Crippen LogP contribution in [-0.2, 0) is 4.79 Å². The lowest BCUT2D eigenvalue weighted by Crippen LogP contribution is -1.93. The molecule has 152 valence electrons. The van der Waals surface area contributed by atoms with Gasteiger partial charge in [0.05, 0.1) is 0 Å². The maximum Gasteiger partial charge on any atom is 0.303 e. The Morgan fingerprint density at radius 2 is 1.04 bits per heavy atom. The molecule has 2 nitrogen and oxygen atoms in total. The van der Waals surface area contributed by atoms with Crippen LogP contribution < -0.4 is 0 Å². The minimum atomic E-state index is -0.655. The van der Waals surface area contributed by atoms with Crippen molar-refractivity contribution in [2.45, 2.75) is 122 Å². The molecular weight excluding hydrogens is 320 g/mol. The summed E-state index contributed by atoms with van der Waals surface area (Å²) in [6, 6.07) is 0.